The van der Waals surface area contributed by atoms with Crippen LogP contribution < -0.4 is 9.64 Å². The van der Waals surface area contributed by atoms with Gasteiger partial charge >= 0.3 is 0 Å². The number of rotatable bonds is 6. The Morgan fingerprint density at radius 2 is 1.73 bits per heavy atom. The molecule has 33 heavy (non-hydrogen) atoms. The zero-order chi connectivity index (χ0) is 22.8. The van der Waals surface area contributed by atoms with Gasteiger partial charge in [-0.25, -0.2) is 0 Å². The SMILES string of the molecule is C=CCN1C(=O)CC(c2ccc(OCc3ccc(C)cc3)cc2)c2c1ccc1ccccc21. The van der Waals surface area contributed by atoms with E-state index < -0.39 is 0 Å². The van der Waals surface area contributed by atoms with Crippen molar-refractivity contribution in [2.75, 3.05) is 11.4 Å². The van der Waals surface area contributed by atoms with Crippen molar-refractivity contribution in [2.45, 2.75) is 25.9 Å². The smallest absolute Gasteiger partial charge is 0.228 e. The summed E-state index contributed by atoms with van der Waals surface area (Å²) < 4.78 is 6.00. The Balaban J connectivity index is 1.47. The molecule has 0 aromatic heterocycles. The van der Waals surface area contributed by atoms with Crippen LogP contribution in [-0.4, -0.2) is 12.5 Å². The third-order valence-electron chi connectivity index (χ3n) is 6.39. The van der Waals surface area contributed by atoms with Crippen LogP contribution in [0.2, 0.25) is 0 Å². The third kappa shape index (κ3) is 4.14. The van der Waals surface area contributed by atoms with Gasteiger partial charge in [-0.05, 0) is 52.6 Å². The molecule has 4 aromatic carbocycles. The Hall–Kier alpha value is -3.85. The lowest BCUT2D eigenvalue weighted by Gasteiger charge is -2.35. The van der Waals surface area contributed by atoms with Crippen molar-refractivity contribution in [3.05, 3.63) is 120 Å². The van der Waals surface area contributed by atoms with E-state index in [1.807, 2.05) is 17.0 Å². The molecule has 1 amide bonds. The fourth-order valence-corrected chi connectivity index (χ4v) is 4.67. The Bertz CT molecular complexity index is 1310. The number of nitrogens with zero attached hydrogens (tertiary/aromatic N) is 1. The molecule has 1 aliphatic heterocycles. The molecule has 1 atom stereocenters. The van der Waals surface area contributed by atoms with E-state index in [0.717, 1.165) is 22.6 Å². The molecular formula is C30H27NO2. The highest BCUT2D eigenvalue weighted by molar-refractivity contribution is 6.03. The number of amides is 1. The number of hydrogen-bond acceptors (Lipinski definition) is 2. The van der Waals surface area contributed by atoms with Gasteiger partial charge in [0.1, 0.15) is 12.4 Å². The van der Waals surface area contributed by atoms with Crippen LogP contribution in [0.3, 0.4) is 0 Å². The molecule has 0 spiro atoms. The highest BCUT2D eigenvalue weighted by Crippen LogP contribution is 2.44. The number of benzene rings is 4. The van der Waals surface area contributed by atoms with Gasteiger partial charge in [0.25, 0.3) is 0 Å². The predicted molar refractivity (Wildman–Crippen MR) is 135 cm³/mol. The first-order chi connectivity index (χ1) is 16.1. The number of carbonyl (C=O) groups excluding carboxylic acids is 1. The zero-order valence-electron chi connectivity index (χ0n) is 18.8. The van der Waals surface area contributed by atoms with Gasteiger partial charge in [0, 0.05) is 24.6 Å². The van der Waals surface area contributed by atoms with E-state index >= 15 is 0 Å². The highest BCUT2D eigenvalue weighted by Gasteiger charge is 2.33. The van der Waals surface area contributed by atoms with Crippen LogP contribution in [0.25, 0.3) is 10.8 Å². The number of ether oxygens (including phenoxy) is 1. The molecule has 1 heterocycles. The van der Waals surface area contributed by atoms with Gasteiger partial charge < -0.3 is 9.64 Å². The van der Waals surface area contributed by atoms with E-state index in [4.69, 9.17) is 4.74 Å². The maximum atomic E-state index is 13.1. The second kappa shape index (κ2) is 8.95. The first-order valence-corrected chi connectivity index (χ1v) is 11.4. The molecule has 0 radical (unpaired) electrons. The van der Waals surface area contributed by atoms with Crippen LogP contribution in [0.15, 0.2) is 97.6 Å². The van der Waals surface area contributed by atoms with Crippen LogP contribution in [-0.2, 0) is 11.4 Å². The summed E-state index contributed by atoms with van der Waals surface area (Å²) in [7, 11) is 0. The summed E-state index contributed by atoms with van der Waals surface area (Å²) in [5.41, 5.74) is 5.70. The van der Waals surface area contributed by atoms with E-state index in [1.165, 1.54) is 21.9 Å². The summed E-state index contributed by atoms with van der Waals surface area (Å²) in [5, 5.41) is 2.38. The van der Waals surface area contributed by atoms with Gasteiger partial charge in [-0.1, -0.05) is 78.4 Å². The Kier molecular flexibility index (Phi) is 5.70. The van der Waals surface area contributed by atoms with Crippen molar-refractivity contribution in [3.8, 4) is 5.75 Å². The number of aryl methyl sites for hydroxylation is 1. The fraction of sp³-hybridized carbons (Fsp3) is 0.167. The van der Waals surface area contributed by atoms with E-state index in [1.54, 1.807) is 6.08 Å². The van der Waals surface area contributed by atoms with Gasteiger partial charge in [-0.2, -0.15) is 0 Å². The largest absolute Gasteiger partial charge is 0.489 e. The third-order valence-corrected chi connectivity index (χ3v) is 6.39. The topological polar surface area (TPSA) is 29.5 Å². The molecule has 3 nitrogen and oxygen atoms in total. The number of anilines is 1. The zero-order valence-corrected chi connectivity index (χ0v) is 18.8. The van der Waals surface area contributed by atoms with Gasteiger partial charge in [-0.15, -0.1) is 6.58 Å². The van der Waals surface area contributed by atoms with Crippen molar-refractivity contribution >= 4 is 22.4 Å². The van der Waals surface area contributed by atoms with Crippen molar-refractivity contribution in [1.82, 2.24) is 0 Å². The number of hydrogen-bond donors (Lipinski definition) is 0. The number of fused-ring (bicyclic) bond motifs is 3. The Morgan fingerprint density at radius 1 is 0.970 bits per heavy atom. The quantitative estimate of drug-likeness (QED) is 0.314. The molecular weight excluding hydrogens is 406 g/mol. The lowest BCUT2D eigenvalue weighted by atomic mass is 9.81. The molecule has 0 N–H and O–H groups in total. The maximum absolute atomic E-state index is 13.1. The minimum atomic E-state index is 0.00538. The van der Waals surface area contributed by atoms with Crippen LogP contribution >= 0.6 is 0 Å². The van der Waals surface area contributed by atoms with Crippen molar-refractivity contribution in [2.24, 2.45) is 0 Å². The summed E-state index contributed by atoms with van der Waals surface area (Å²) in [6, 6.07) is 29.2. The molecule has 0 fully saturated rings. The summed E-state index contributed by atoms with van der Waals surface area (Å²) in [6.45, 7) is 6.98. The molecule has 5 rings (SSSR count). The van der Waals surface area contributed by atoms with Crippen molar-refractivity contribution < 1.29 is 9.53 Å². The Morgan fingerprint density at radius 3 is 2.48 bits per heavy atom. The lowest BCUT2D eigenvalue weighted by Crippen LogP contribution is -2.37. The predicted octanol–water partition coefficient (Wildman–Crippen LogP) is 6.78. The van der Waals surface area contributed by atoms with Gasteiger partial charge in [0.2, 0.25) is 5.91 Å². The monoisotopic (exact) mass is 433 g/mol. The summed E-state index contributed by atoms with van der Waals surface area (Å²) in [5.74, 6) is 0.959. The van der Waals surface area contributed by atoms with E-state index in [2.05, 4.69) is 86.3 Å². The molecule has 4 aromatic rings. The average molecular weight is 434 g/mol. The molecule has 0 saturated heterocycles. The second-order valence-electron chi connectivity index (χ2n) is 8.61. The summed E-state index contributed by atoms with van der Waals surface area (Å²) >= 11 is 0. The molecule has 164 valence electrons. The fourth-order valence-electron chi connectivity index (χ4n) is 4.67. The second-order valence-corrected chi connectivity index (χ2v) is 8.61. The maximum Gasteiger partial charge on any atom is 0.228 e. The molecule has 0 bridgehead atoms. The highest BCUT2D eigenvalue weighted by atomic mass is 16.5. The van der Waals surface area contributed by atoms with Gasteiger partial charge in [0.15, 0.2) is 0 Å². The average Bonchev–Trinajstić information content (AvgIpc) is 2.85. The summed E-state index contributed by atoms with van der Waals surface area (Å²) in [4.78, 5) is 14.9. The van der Waals surface area contributed by atoms with Crippen LogP contribution in [0.5, 0.6) is 5.75 Å². The Labute approximate surface area is 194 Å². The molecule has 1 aliphatic rings. The van der Waals surface area contributed by atoms with E-state index in [9.17, 15) is 4.79 Å². The minimum absolute atomic E-state index is 0.00538. The molecule has 0 aliphatic carbocycles. The van der Waals surface area contributed by atoms with Crippen LogP contribution in [0.4, 0.5) is 5.69 Å². The van der Waals surface area contributed by atoms with Crippen molar-refractivity contribution in [1.29, 1.82) is 0 Å². The lowest BCUT2D eigenvalue weighted by molar-refractivity contribution is -0.119. The van der Waals surface area contributed by atoms with E-state index in [-0.39, 0.29) is 11.8 Å². The molecule has 1 unspecified atom stereocenters. The first-order valence-electron chi connectivity index (χ1n) is 11.4. The summed E-state index contributed by atoms with van der Waals surface area (Å²) in [6.07, 6.45) is 2.23. The first kappa shape index (κ1) is 21.0. The standard InChI is InChI=1S/C30H27NO2/c1-3-18-31-28-17-14-23-6-4-5-7-26(23)30(28)27(19-29(31)32)24-12-15-25(16-13-24)33-20-22-10-8-21(2)9-11-22/h3-17,27H,1,18-20H2,2H3. The minimum Gasteiger partial charge on any atom is -0.489 e. The van der Waals surface area contributed by atoms with Gasteiger partial charge in [-0.3, -0.25) is 4.79 Å². The van der Waals surface area contributed by atoms with Gasteiger partial charge in [0.05, 0.1) is 0 Å². The molecule has 0 saturated carbocycles. The van der Waals surface area contributed by atoms with Crippen LogP contribution in [0.1, 0.15) is 34.6 Å². The normalized spacial score (nSPS) is 15.4. The molecule has 3 heteroatoms. The van der Waals surface area contributed by atoms with Crippen molar-refractivity contribution in [3.63, 3.8) is 0 Å². The van der Waals surface area contributed by atoms with E-state index in [0.29, 0.717) is 19.6 Å². The van der Waals surface area contributed by atoms with Crippen LogP contribution in [0, 0.1) is 6.92 Å². The number of carbonyl (C=O) groups is 1.